The molecule has 3 aromatic rings. The summed E-state index contributed by atoms with van der Waals surface area (Å²) in [5.74, 6) is 1.33. The van der Waals surface area contributed by atoms with E-state index < -0.39 is 0 Å². The van der Waals surface area contributed by atoms with E-state index in [1.54, 1.807) is 6.20 Å². The smallest absolute Gasteiger partial charge is 0.137 e. The largest absolute Gasteiger partial charge is 0.369 e. The molecule has 0 bridgehead atoms. The van der Waals surface area contributed by atoms with E-state index in [4.69, 9.17) is 19.4 Å². The molecule has 4 rings (SSSR count). The molecule has 0 fully saturated rings. The summed E-state index contributed by atoms with van der Waals surface area (Å²) >= 11 is 5.95. The predicted molar refractivity (Wildman–Crippen MR) is 108 cm³/mol. The zero-order chi connectivity index (χ0) is 17.9. The lowest BCUT2D eigenvalue weighted by Gasteiger charge is -2.15. The van der Waals surface area contributed by atoms with Gasteiger partial charge in [0.2, 0.25) is 0 Å². The molecule has 0 aromatic carbocycles. The average Bonchev–Trinajstić information content (AvgIpc) is 3.04. The van der Waals surface area contributed by atoms with Crippen molar-refractivity contribution >= 4 is 41.8 Å². The molecule has 0 amide bonds. The van der Waals surface area contributed by atoms with Crippen LogP contribution in [0.3, 0.4) is 0 Å². The number of hydrogen-bond donors (Lipinski definition) is 2. The standard InChI is InChI=1S/C20H18BClN4/c21-16-8-18-15(11-25-20(18)26-12-16)7-14-3-6-19(24-10-14)23-9-13-1-4-17(22)5-2-13/h1,3-6,8,10-13H,2,7,9H2,(H,23,24)(H,25,26). The third kappa shape index (κ3) is 3.83. The van der Waals surface area contributed by atoms with Crippen LogP contribution in [0.4, 0.5) is 5.82 Å². The molecule has 2 radical (unpaired) electrons. The van der Waals surface area contributed by atoms with Crippen molar-refractivity contribution in [3.63, 3.8) is 0 Å². The third-order valence-corrected chi connectivity index (χ3v) is 4.83. The molecule has 6 heteroatoms. The summed E-state index contributed by atoms with van der Waals surface area (Å²) in [4.78, 5) is 12.0. The Bertz CT molecular complexity index is 975. The number of anilines is 1. The van der Waals surface area contributed by atoms with Crippen LogP contribution >= 0.6 is 11.6 Å². The molecular weight excluding hydrogens is 343 g/mol. The van der Waals surface area contributed by atoms with Gasteiger partial charge in [-0.05, 0) is 35.6 Å². The van der Waals surface area contributed by atoms with Crippen molar-refractivity contribution in [1.29, 1.82) is 0 Å². The van der Waals surface area contributed by atoms with Gasteiger partial charge < -0.3 is 10.3 Å². The van der Waals surface area contributed by atoms with E-state index in [0.29, 0.717) is 11.4 Å². The minimum atomic E-state index is 0.447. The summed E-state index contributed by atoms with van der Waals surface area (Å²) in [7, 11) is 5.85. The molecule has 2 N–H and O–H groups in total. The first-order chi connectivity index (χ1) is 12.7. The van der Waals surface area contributed by atoms with Gasteiger partial charge in [-0.1, -0.05) is 41.3 Å². The molecule has 1 atom stereocenters. The van der Waals surface area contributed by atoms with E-state index in [0.717, 1.165) is 46.8 Å². The predicted octanol–water partition coefficient (Wildman–Crippen LogP) is 3.45. The van der Waals surface area contributed by atoms with Crippen LogP contribution in [-0.4, -0.2) is 29.3 Å². The van der Waals surface area contributed by atoms with Crippen molar-refractivity contribution in [2.24, 2.45) is 5.92 Å². The van der Waals surface area contributed by atoms with Crippen LogP contribution in [0.15, 0.2) is 60.0 Å². The Labute approximate surface area is 158 Å². The highest BCUT2D eigenvalue weighted by Crippen LogP contribution is 2.20. The van der Waals surface area contributed by atoms with Crippen LogP contribution in [-0.2, 0) is 6.42 Å². The number of halogens is 1. The molecule has 0 aliphatic heterocycles. The van der Waals surface area contributed by atoms with Gasteiger partial charge in [0, 0.05) is 42.0 Å². The van der Waals surface area contributed by atoms with Gasteiger partial charge in [0.15, 0.2) is 0 Å². The molecule has 0 saturated carbocycles. The number of H-pyrrole nitrogens is 1. The molecule has 4 nitrogen and oxygen atoms in total. The maximum absolute atomic E-state index is 5.95. The first kappa shape index (κ1) is 16.9. The second kappa shape index (κ2) is 7.38. The molecule has 1 aliphatic carbocycles. The molecule has 3 aromatic heterocycles. The zero-order valence-corrected chi connectivity index (χ0v) is 15.0. The zero-order valence-electron chi connectivity index (χ0n) is 14.2. The van der Waals surface area contributed by atoms with Crippen molar-refractivity contribution in [2.75, 3.05) is 11.9 Å². The second-order valence-corrected chi connectivity index (χ2v) is 6.97. The fourth-order valence-electron chi connectivity index (χ4n) is 3.10. The fraction of sp³-hybridized carbons (Fsp3) is 0.200. The molecule has 128 valence electrons. The normalized spacial score (nSPS) is 16.7. The molecule has 26 heavy (non-hydrogen) atoms. The summed E-state index contributed by atoms with van der Waals surface area (Å²) in [6.07, 6.45) is 13.4. The quantitative estimate of drug-likeness (QED) is 0.685. The summed E-state index contributed by atoms with van der Waals surface area (Å²) in [6.45, 7) is 0.844. The number of aromatic amines is 1. The Morgan fingerprint density at radius 3 is 2.96 bits per heavy atom. The summed E-state index contributed by atoms with van der Waals surface area (Å²) in [5, 5.41) is 5.26. The van der Waals surface area contributed by atoms with Gasteiger partial charge in [-0.2, -0.15) is 0 Å². The van der Waals surface area contributed by atoms with Crippen LogP contribution in [0.1, 0.15) is 17.5 Å². The molecule has 0 spiro atoms. The van der Waals surface area contributed by atoms with Gasteiger partial charge >= 0.3 is 0 Å². The Morgan fingerprint density at radius 1 is 1.27 bits per heavy atom. The number of hydrogen-bond acceptors (Lipinski definition) is 3. The van der Waals surface area contributed by atoms with E-state index in [-0.39, 0.29) is 0 Å². The lowest BCUT2D eigenvalue weighted by atomic mass is 9.96. The fourth-order valence-corrected chi connectivity index (χ4v) is 3.26. The van der Waals surface area contributed by atoms with Gasteiger partial charge in [0.1, 0.15) is 19.3 Å². The molecule has 1 unspecified atom stereocenters. The minimum Gasteiger partial charge on any atom is -0.369 e. The van der Waals surface area contributed by atoms with Crippen LogP contribution in [0, 0.1) is 5.92 Å². The van der Waals surface area contributed by atoms with Gasteiger partial charge in [-0.25, -0.2) is 9.97 Å². The van der Waals surface area contributed by atoms with Gasteiger partial charge in [0.25, 0.3) is 0 Å². The maximum Gasteiger partial charge on any atom is 0.137 e. The lowest BCUT2D eigenvalue weighted by molar-refractivity contribution is 0.689. The van der Waals surface area contributed by atoms with E-state index in [2.05, 4.69) is 32.4 Å². The van der Waals surface area contributed by atoms with E-state index >= 15 is 0 Å². The SMILES string of the molecule is [B]c1cnc2[nH]cc(Cc3ccc(NCC4C=CC(Cl)=CC4)nc3)c2c1. The third-order valence-electron chi connectivity index (χ3n) is 4.55. The van der Waals surface area contributed by atoms with Gasteiger partial charge in [-0.3, -0.25) is 0 Å². The Balaban J connectivity index is 1.39. The van der Waals surface area contributed by atoms with Crippen molar-refractivity contribution in [3.8, 4) is 0 Å². The number of rotatable bonds is 5. The molecular formula is C20H18BClN4. The Hall–Kier alpha value is -2.53. The number of aromatic nitrogens is 3. The molecule has 1 aliphatic rings. The van der Waals surface area contributed by atoms with Gasteiger partial charge in [-0.15, -0.1) is 0 Å². The van der Waals surface area contributed by atoms with Crippen LogP contribution in [0.25, 0.3) is 11.0 Å². The minimum absolute atomic E-state index is 0.447. The van der Waals surface area contributed by atoms with Gasteiger partial charge in [0.05, 0.1) is 0 Å². The highest BCUT2D eigenvalue weighted by molar-refractivity contribution is 6.32. The highest BCUT2D eigenvalue weighted by Gasteiger charge is 2.09. The van der Waals surface area contributed by atoms with Crippen molar-refractivity contribution in [3.05, 3.63) is 71.2 Å². The van der Waals surface area contributed by atoms with Crippen molar-refractivity contribution in [1.82, 2.24) is 15.0 Å². The maximum atomic E-state index is 5.95. The monoisotopic (exact) mass is 360 g/mol. The summed E-state index contributed by atoms with van der Waals surface area (Å²) < 4.78 is 0. The van der Waals surface area contributed by atoms with Crippen molar-refractivity contribution < 1.29 is 0 Å². The number of fused-ring (bicyclic) bond motifs is 1. The Morgan fingerprint density at radius 2 is 2.19 bits per heavy atom. The van der Waals surface area contributed by atoms with E-state index in [9.17, 15) is 0 Å². The first-order valence-electron chi connectivity index (χ1n) is 8.61. The number of allylic oxidation sites excluding steroid dienone is 3. The van der Waals surface area contributed by atoms with E-state index in [1.165, 1.54) is 5.56 Å². The molecule has 3 heterocycles. The lowest BCUT2D eigenvalue weighted by Crippen LogP contribution is -2.13. The van der Waals surface area contributed by atoms with Crippen LogP contribution in [0.2, 0.25) is 0 Å². The average molecular weight is 361 g/mol. The number of pyridine rings is 2. The van der Waals surface area contributed by atoms with E-state index in [1.807, 2.05) is 36.7 Å². The first-order valence-corrected chi connectivity index (χ1v) is 8.99. The Kier molecular flexibility index (Phi) is 4.80. The van der Waals surface area contributed by atoms with Crippen LogP contribution < -0.4 is 10.8 Å². The van der Waals surface area contributed by atoms with Crippen molar-refractivity contribution in [2.45, 2.75) is 12.8 Å². The topological polar surface area (TPSA) is 53.6 Å². The second-order valence-electron chi connectivity index (χ2n) is 6.53. The van der Waals surface area contributed by atoms with Crippen LogP contribution in [0.5, 0.6) is 0 Å². The number of nitrogens with one attached hydrogen (secondary N) is 2. The molecule has 0 saturated heterocycles. The highest BCUT2D eigenvalue weighted by atomic mass is 35.5. The summed E-state index contributed by atoms with van der Waals surface area (Å²) in [5.41, 5.74) is 3.84. The summed E-state index contributed by atoms with van der Waals surface area (Å²) in [6, 6.07) is 6.07. The number of nitrogens with zero attached hydrogens (tertiary/aromatic N) is 2.